The van der Waals surface area contributed by atoms with Crippen LogP contribution in [0, 0.1) is 0 Å². The van der Waals surface area contributed by atoms with E-state index in [0.717, 1.165) is 25.0 Å². The lowest BCUT2D eigenvalue weighted by molar-refractivity contribution is 0.310. The number of hydrogen-bond acceptors (Lipinski definition) is 19. The molecule has 4 N–H and O–H groups in total. The van der Waals surface area contributed by atoms with Crippen LogP contribution in [0.25, 0.3) is 21.5 Å². The third-order valence-electron chi connectivity index (χ3n) is 9.88. The van der Waals surface area contributed by atoms with Gasteiger partial charge in [-0.05, 0) is 71.8 Å². The molecule has 19 nitrogen and oxygen atoms in total. The molecule has 7 rings (SSSR count). The summed E-state index contributed by atoms with van der Waals surface area (Å²) >= 11 is 0. The van der Waals surface area contributed by atoms with Gasteiger partial charge in [0.05, 0.1) is 37.6 Å². The summed E-state index contributed by atoms with van der Waals surface area (Å²) in [5, 5.41) is 51.4. The Morgan fingerprint density at radius 3 is 1.26 bits per heavy atom. The highest BCUT2D eigenvalue weighted by Gasteiger charge is 2.21. The third kappa shape index (κ3) is 10.8. The second-order valence-corrected chi connectivity index (χ2v) is 23.2. The molecule has 0 unspecified atom stereocenters. The van der Waals surface area contributed by atoms with Crippen LogP contribution in [0.4, 0.5) is 28.7 Å². The molecule has 1 heterocycles. The average Bonchev–Trinajstić information content (AvgIpc) is 3.22. The highest BCUT2D eigenvalue weighted by molar-refractivity contribution is 7.92. The number of anilines is 1. The predicted octanol–water partition coefficient (Wildman–Crippen LogP) is 6.62. The Kier molecular flexibility index (Phi) is 13.0. The van der Waals surface area contributed by atoms with Gasteiger partial charge in [-0.3, -0.25) is 0 Å². The van der Waals surface area contributed by atoms with Crippen molar-refractivity contribution in [3.05, 3.63) is 120 Å². The van der Waals surface area contributed by atoms with E-state index in [1.54, 1.807) is 12.1 Å². The Balaban J connectivity index is 1.12. The number of aliphatic hydroxyl groups is 1. The van der Waals surface area contributed by atoms with Gasteiger partial charge in [0.15, 0.2) is 39.3 Å². The zero-order valence-electron chi connectivity index (χ0n) is 35.4. The van der Waals surface area contributed by atoms with Crippen molar-refractivity contribution in [3.8, 4) is 11.5 Å². The van der Waals surface area contributed by atoms with E-state index < -0.39 is 39.3 Å². The Labute approximate surface area is 379 Å². The van der Waals surface area contributed by atoms with Crippen molar-refractivity contribution in [2.45, 2.75) is 32.4 Å². The highest BCUT2D eigenvalue weighted by Crippen LogP contribution is 2.37. The summed E-state index contributed by atoms with van der Waals surface area (Å²) in [7, 11) is -15.1. The van der Waals surface area contributed by atoms with Gasteiger partial charge in [0.2, 0.25) is 5.95 Å². The van der Waals surface area contributed by atoms with E-state index in [4.69, 9.17) is 0 Å². The normalized spacial score (nSPS) is 12.7. The summed E-state index contributed by atoms with van der Waals surface area (Å²) in [6.07, 6.45) is 4.21. The van der Waals surface area contributed by atoms with Crippen LogP contribution in [0.2, 0.25) is 0 Å². The SMILES string of the molecule is CS(=O)(=O)c1cc(N=Nc2ccc(Cc3nc(Cc4ccc(N=Nc5cc(S(C)(=O)=O)c6cccc(S(C)(=O)=O)c6c5)c(O)c4)nc(NCCO)n3)cc2O)cc2c(S(C)(=O)=O)cccc12. The van der Waals surface area contributed by atoms with Crippen LogP contribution < -0.4 is 5.32 Å². The Hall–Kier alpha value is -6.79. The van der Waals surface area contributed by atoms with Crippen LogP contribution in [0.1, 0.15) is 22.8 Å². The summed E-state index contributed by atoms with van der Waals surface area (Å²) in [5.74, 6) is 0.135. The van der Waals surface area contributed by atoms with E-state index in [9.17, 15) is 49.0 Å². The number of phenolic OH excluding ortho intramolecular Hbond substituents is 2. The number of nitrogens with zero attached hydrogens (tertiary/aromatic N) is 7. The maximum absolute atomic E-state index is 12.7. The number of fused-ring (bicyclic) bond motifs is 2. The van der Waals surface area contributed by atoms with Gasteiger partial charge in [0.25, 0.3) is 0 Å². The molecule has 23 heteroatoms. The van der Waals surface area contributed by atoms with Crippen molar-refractivity contribution < 1.29 is 49.0 Å². The molecule has 0 spiro atoms. The van der Waals surface area contributed by atoms with Crippen LogP contribution in [-0.4, -0.2) is 102 Å². The fourth-order valence-corrected chi connectivity index (χ4v) is 10.6. The van der Waals surface area contributed by atoms with Gasteiger partial charge >= 0.3 is 0 Å². The molecular formula is C43H40N8O11S4. The smallest absolute Gasteiger partial charge is 0.226 e. The minimum Gasteiger partial charge on any atom is -0.506 e. The van der Waals surface area contributed by atoms with Crippen molar-refractivity contribution in [2.75, 3.05) is 43.5 Å². The molecule has 66 heavy (non-hydrogen) atoms. The van der Waals surface area contributed by atoms with Gasteiger partial charge in [-0.15, -0.1) is 10.2 Å². The van der Waals surface area contributed by atoms with E-state index >= 15 is 0 Å². The van der Waals surface area contributed by atoms with Gasteiger partial charge in [0.1, 0.15) is 34.5 Å². The second kappa shape index (κ2) is 18.2. The minimum atomic E-state index is -3.82. The van der Waals surface area contributed by atoms with Crippen molar-refractivity contribution in [1.82, 2.24) is 15.0 Å². The molecule has 0 saturated heterocycles. The maximum Gasteiger partial charge on any atom is 0.226 e. The third-order valence-corrected chi connectivity index (χ3v) is 14.5. The Bertz CT molecular complexity index is 3390. The van der Waals surface area contributed by atoms with Crippen LogP contribution in [0.5, 0.6) is 11.5 Å². The van der Waals surface area contributed by atoms with Crippen molar-refractivity contribution in [3.63, 3.8) is 0 Å². The summed E-state index contributed by atoms with van der Waals surface area (Å²) in [5.41, 5.74) is 1.22. The van der Waals surface area contributed by atoms with Gasteiger partial charge in [-0.2, -0.15) is 20.2 Å². The van der Waals surface area contributed by atoms with Crippen LogP contribution >= 0.6 is 0 Å². The van der Waals surface area contributed by atoms with E-state index in [2.05, 4.69) is 40.7 Å². The fraction of sp³-hybridized carbons (Fsp3) is 0.186. The number of azo groups is 2. The molecule has 6 aromatic carbocycles. The first-order chi connectivity index (χ1) is 31.0. The van der Waals surface area contributed by atoms with Gasteiger partial charge < -0.3 is 20.6 Å². The van der Waals surface area contributed by atoms with Gasteiger partial charge in [-0.25, -0.2) is 38.7 Å². The summed E-state index contributed by atoms with van der Waals surface area (Å²) in [6, 6.07) is 23.1. The molecule has 0 bridgehead atoms. The molecule has 0 aliphatic carbocycles. The number of rotatable bonds is 15. The van der Waals surface area contributed by atoms with E-state index in [-0.39, 0.29) is 119 Å². The molecule has 0 atom stereocenters. The minimum absolute atomic E-state index is 0.0255. The number of sulfone groups is 4. The molecule has 0 aliphatic rings. The quantitative estimate of drug-likeness (QED) is 0.0785. The molecule has 0 amide bonds. The summed E-state index contributed by atoms with van der Waals surface area (Å²) < 4.78 is 101. The number of hydrogen-bond donors (Lipinski definition) is 4. The first kappa shape index (κ1) is 47.2. The predicted molar refractivity (Wildman–Crippen MR) is 246 cm³/mol. The van der Waals surface area contributed by atoms with E-state index in [1.165, 1.54) is 84.9 Å². The van der Waals surface area contributed by atoms with Gasteiger partial charge in [-0.1, -0.05) is 36.4 Å². The Morgan fingerprint density at radius 1 is 0.485 bits per heavy atom. The summed E-state index contributed by atoms with van der Waals surface area (Å²) in [4.78, 5) is 13.0. The number of nitrogens with one attached hydrogen (secondary N) is 1. The molecule has 0 fully saturated rings. The molecule has 7 aromatic rings. The number of aromatic hydroxyl groups is 2. The molecular weight excluding hydrogens is 933 g/mol. The zero-order valence-corrected chi connectivity index (χ0v) is 38.7. The van der Waals surface area contributed by atoms with E-state index in [1.807, 2.05) is 0 Å². The van der Waals surface area contributed by atoms with Crippen LogP contribution in [-0.2, 0) is 52.2 Å². The van der Waals surface area contributed by atoms with Gasteiger partial charge in [0, 0.05) is 66.0 Å². The van der Waals surface area contributed by atoms with Crippen LogP contribution in [0.15, 0.2) is 137 Å². The number of benzene rings is 6. The number of aromatic nitrogens is 3. The van der Waals surface area contributed by atoms with Crippen molar-refractivity contribution in [1.29, 1.82) is 0 Å². The largest absolute Gasteiger partial charge is 0.506 e. The lowest BCUT2D eigenvalue weighted by Crippen LogP contribution is -2.13. The molecule has 0 aliphatic heterocycles. The molecule has 1 aromatic heterocycles. The first-order valence-corrected chi connectivity index (χ1v) is 27.0. The Morgan fingerprint density at radius 2 is 0.894 bits per heavy atom. The molecule has 342 valence electrons. The number of aliphatic hydroxyl groups excluding tert-OH is 1. The standard InChI is InChI=1S/C43H40N8O11S4/c1-63(55,56)37-9-5-7-29-31(37)21-27(23-39(29)65(3,59)60)48-50-33-13-11-25(17-35(33)53)19-41-45-42(47-43(46-41)44-15-16-52)20-26-12-14-34(36(54)18-26)51-49-28-22-32-30(40(24-28)66(4,61)62)8-6-10-38(32)64(2,57)58/h5-14,17-18,21-24,52-54H,15-16,19-20H2,1-4H3,(H,44,45,46,47). The first-order valence-electron chi connectivity index (χ1n) is 19.5. The number of phenols is 2. The highest BCUT2D eigenvalue weighted by atomic mass is 32.2. The van der Waals surface area contributed by atoms with Crippen molar-refractivity contribution in [2.24, 2.45) is 20.5 Å². The molecule has 0 saturated carbocycles. The zero-order chi connectivity index (χ0) is 47.8. The lowest BCUT2D eigenvalue weighted by atomic mass is 10.1. The summed E-state index contributed by atoms with van der Waals surface area (Å²) in [6.45, 7) is -0.0911. The lowest BCUT2D eigenvalue weighted by Gasteiger charge is -2.10. The maximum atomic E-state index is 12.7. The van der Waals surface area contributed by atoms with Crippen LogP contribution in [0.3, 0.4) is 0 Å². The topological polar surface area (TPSA) is 297 Å². The van der Waals surface area contributed by atoms with E-state index in [0.29, 0.717) is 11.1 Å². The fourth-order valence-electron chi connectivity index (χ4n) is 6.98. The average molecular weight is 973 g/mol. The van der Waals surface area contributed by atoms with Crippen molar-refractivity contribution >= 4 is 89.6 Å². The monoisotopic (exact) mass is 972 g/mol. The second-order valence-electron chi connectivity index (χ2n) is 15.2. The molecule has 0 radical (unpaired) electrons.